The number of carbonyl (C=O) groups excluding carboxylic acids is 1. The molecule has 0 unspecified atom stereocenters. The van der Waals surface area contributed by atoms with Gasteiger partial charge in [-0.05, 0) is 77.5 Å². The van der Waals surface area contributed by atoms with Gasteiger partial charge in [0.15, 0.2) is 11.5 Å². The molecule has 0 fully saturated rings. The molecule has 0 saturated heterocycles. The lowest BCUT2D eigenvalue weighted by Crippen LogP contribution is -2.17. The Hall–Kier alpha value is -2.65. The summed E-state index contributed by atoms with van der Waals surface area (Å²) in [6.07, 6.45) is 1.50. The van der Waals surface area contributed by atoms with E-state index < -0.39 is 11.7 Å². The first-order valence-corrected chi connectivity index (χ1v) is 10.8. The quantitative estimate of drug-likeness (QED) is 0.218. The van der Waals surface area contributed by atoms with Crippen molar-refractivity contribution in [3.63, 3.8) is 0 Å². The monoisotopic (exact) mass is 552 g/mol. The van der Waals surface area contributed by atoms with E-state index in [4.69, 9.17) is 21.1 Å². The number of carbonyl (C=O) groups is 1. The number of ether oxygens (including phenoxy) is 2. The lowest BCUT2D eigenvalue weighted by atomic mass is 10.2. The number of amides is 1. The Morgan fingerprint density at radius 1 is 1.16 bits per heavy atom. The van der Waals surface area contributed by atoms with Crippen molar-refractivity contribution in [2.45, 2.75) is 13.5 Å². The van der Waals surface area contributed by atoms with Crippen molar-refractivity contribution in [3.05, 3.63) is 91.8 Å². The Morgan fingerprint density at radius 2 is 1.90 bits per heavy atom. The molecule has 0 heterocycles. The van der Waals surface area contributed by atoms with Crippen molar-refractivity contribution < 1.29 is 18.7 Å². The third-order valence-electron chi connectivity index (χ3n) is 4.15. The van der Waals surface area contributed by atoms with Crippen LogP contribution < -0.4 is 14.9 Å². The largest absolute Gasteiger partial charge is 0.490 e. The topological polar surface area (TPSA) is 59.9 Å². The van der Waals surface area contributed by atoms with Crippen LogP contribution in [0.4, 0.5) is 4.39 Å². The second-order valence-corrected chi connectivity index (χ2v) is 7.92. The highest BCUT2D eigenvalue weighted by atomic mass is 127. The summed E-state index contributed by atoms with van der Waals surface area (Å²) >= 11 is 8.37. The standard InChI is InChI=1S/C23H19ClFIN2O3/c1-2-30-21-12-15(13-27-28-23(29)16-7-9-18(25)10-8-16)11-20(26)22(21)31-14-17-5-3-4-6-19(17)24/h3-13H,2,14H2,1H3,(H,28,29)/b27-13-. The number of hydrogen-bond donors (Lipinski definition) is 1. The van der Waals surface area contributed by atoms with E-state index in [1.54, 1.807) is 6.07 Å². The van der Waals surface area contributed by atoms with Gasteiger partial charge in [0.2, 0.25) is 0 Å². The molecule has 1 amide bonds. The highest BCUT2D eigenvalue weighted by Gasteiger charge is 2.13. The van der Waals surface area contributed by atoms with Gasteiger partial charge in [0.25, 0.3) is 5.91 Å². The molecule has 0 aromatic heterocycles. The smallest absolute Gasteiger partial charge is 0.271 e. The number of benzene rings is 3. The van der Waals surface area contributed by atoms with Crippen LogP contribution in [0.2, 0.25) is 5.02 Å². The van der Waals surface area contributed by atoms with E-state index in [0.29, 0.717) is 35.3 Å². The van der Waals surface area contributed by atoms with Crippen LogP contribution in [0.25, 0.3) is 0 Å². The van der Waals surface area contributed by atoms with E-state index in [1.165, 1.54) is 30.5 Å². The normalized spacial score (nSPS) is 10.8. The van der Waals surface area contributed by atoms with E-state index in [1.807, 2.05) is 37.3 Å². The number of hydrazone groups is 1. The second-order valence-electron chi connectivity index (χ2n) is 6.35. The Kier molecular flexibility index (Phi) is 8.25. The van der Waals surface area contributed by atoms with Crippen molar-refractivity contribution >= 4 is 46.3 Å². The summed E-state index contributed by atoms with van der Waals surface area (Å²) in [4.78, 5) is 12.1. The molecule has 0 saturated carbocycles. The molecular weight excluding hydrogens is 534 g/mol. The van der Waals surface area contributed by atoms with Crippen molar-refractivity contribution in [2.75, 3.05) is 6.61 Å². The highest BCUT2D eigenvalue weighted by molar-refractivity contribution is 14.1. The first kappa shape index (κ1) is 23.0. The van der Waals surface area contributed by atoms with Gasteiger partial charge in [0.05, 0.1) is 16.4 Å². The Labute approximate surface area is 198 Å². The molecule has 0 aliphatic rings. The molecule has 3 rings (SSSR count). The predicted octanol–water partition coefficient (Wildman–Crippen LogP) is 5.83. The minimum atomic E-state index is -0.435. The maximum atomic E-state index is 13.0. The lowest BCUT2D eigenvalue weighted by molar-refractivity contribution is 0.0955. The number of rotatable bonds is 8. The van der Waals surface area contributed by atoms with Crippen molar-refractivity contribution in [2.24, 2.45) is 5.10 Å². The average Bonchev–Trinajstić information content (AvgIpc) is 2.75. The van der Waals surface area contributed by atoms with E-state index in [2.05, 4.69) is 33.1 Å². The lowest BCUT2D eigenvalue weighted by Gasteiger charge is -2.15. The molecule has 0 spiro atoms. The zero-order chi connectivity index (χ0) is 22.2. The van der Waals surface area contributed by atoms with Gasteiger partial charge in [-0.2, -0.15) is 5.10 Å². The molecule has 8 heteroatoms. The van der Waals surface area contributed by atoms with Gasteiger partial charge in [0, 0.05) is 16.1 Å². The van der Waals surface area contributed by atoms with Crippen molar-refractivity contribution in [1.29, 1.82) is 0 Å². The fourth-order valence-corrected chi connectivity index (χ4v) is 3.63. The summed E-state index contributed by atoms with van der Waals surface area (Å²) in [6, 6.07) is 16.3. The van der Waals surface area contributed by atoms with Crippen LogP contribution in [0.5, 0.6) is 11.5 Å². The molecular formula is C23H19ClFIN2O3. The van der Waals surface area contributed by atoms with Gasteiger partial charge in [-0.25, -0.2) is 9.82 Å². The molecule has 3 aromatic rings. The summed E-state index contributed by atoms with van der Waals surface area (Å²) in [5.74, 6) is 0.327. The van der Waals surface area contributed by atoms with Crippen LogP contribution in [0.1, 0.15) is 28.4 Å². The van der Waals surface area contributed by atoms with Crippen LogP contribution >= 0.6 is 34.2 Å². The maximum absolute atomic E-state index is 13.0. The Morgan fingerprint density at radius 3 is 2.61 bits per heavy atom. The number of nitrogens with one attached hydrogen (secondary N) is 1. The van der Waals surface area contributed by atoms with Gasteiger partial charge in [-0.15, -0.1) is 0 Å². The zero-order valence-corrected chi connectivity index (χ0v) is 19.5. The molecule has 0 aliphatic carbocycles. The third kappa shape index (κ3) is 6.41. The number of nitrogens with zero attached hydrogens (tertiary/aromatic N) is 1. The fourth-order valence-electron chi connectivity index (χ4n) is 2.66. The zero-order valence-electron chi connectivity index (χ0n) is 16.6. The van der Waals surface area contributed by atoms with Crippen LogP contribution in [0.15, 0.2) is 65.8 Å². The molecule has 1 N–H and O–H groups in total. The van der Waals surface area contributed by atoms with Crippen LogP contribution in [-0.4, -0.2) is 18.7 Å². The Balaban J connectivity index is 1.73. The summed E-state index contributed by atoms with van der Waals surface area (Å²) in [7, 11) is 0. The van der Waals surface area contributed by atoms with Gasteiger partial charge in [0.1, 0.15) is 12.4 Å². The van der Waals surface area contributed by atoms with E-state index in [0.717, 1.165) is 14.7 Å². The predicted molar refractivity (Wildman–Crippen MR) is 128 cm³/mol. The third-order valence-corrected chi connectivity index (χ3v) is 5.32. The number of hydrogen-bond acceptors (Lipinski definition) is 4. The van der Waals surface area contributed by atoms with Crippen LogP contribution in [0, 0.1) is 9.39 Å². The molecule has 160 valence electrons. The van der Waals surface area contributed by atoms with Gasteiger partial charge >= 0.3 is 0 Å². The highest BCUT2D eigenvalue weighted by Crippen LogP contribution is 2.35. The van der Waals surface area contributed by atoms with Crippen LogP contribution in [0.3, 0.4) is 0 Å². The minimum absolute atomic E-state index is 0.302. The minimum Gasteiger partial charge on any atom is -0.490 e. The second kappa shape index (κ2) is 11.1. The fraction of sp³-hybridized carbons (Fsp3) is 0.130. The average molecular weight is 553 g/mol. The van der Waals surface area contributed by atoms with Crippen LogP contribution in [-0.2, 0) is 6.61 Å². The van der Waals surface area contributed by atoms with Crippen molar-refractivity contribution in [3.8, 4) is 11.5 Å². The molecule has 5 nitrogen and oxygen atoms in total. The summed E-state index contributed by atoms with van der Waals surface area (Å²) < 4.78 is 25.5. The van der Waals surface area contributed by atoms with Crippen molar-refractivity contribution in [1.82, 2.24) is 5.43 Å². The number of halogens is 3. The molecule has 3 aromatic carbocycles. The summed E-state index contributed by atoms with van der Waals surface area (Å²) in [6.45, 7) is 2.64. The molecule has 0 bridgehead atoms. The van der Waals surface area contributed by atoms with E-state index in [-0.39, 0.29) is 0 Å². The molecule has 31 heavy (non-hydrogen) atoms. The van der Waals surface area contributed by atoms with Gasteiger partial charge in [-0.1, -0.05) is 29.8 Å². The first-order valence-electron chi connectivity index (χ1n) is 9.39. The SMILES string of the molecule is CCOc1cc(/C=N\NC(=O)c2ccc(F)cc2)cc(I)c1OCc1ccccc1Cl. The Bertz CT molecular complexity index is 1090. The first-order chi connectivity index (χ1) is 15.0. The van der Waals surface area contributed by atoms with Gasteiger partial charge in [-0.3, -0.25) is 4.79 Å². The molecule has 0 aliphatic heterocycles. The summed E-state index contributed by atoms with van der Waals surface area (Å²) in [5, 5.41) is 4.62. The summed E-state index contributed by atoms with van der Waals surface area (Å²) in [5.41, 5.74) is 4.33. The maximum Gasteiger partial charge on any atom is 0.271 e. The van der Waals surface area contributed by atoms with Gasteiger partial charge < -0.3 is 9.47 Å². The molecule has 0 radical (unpaired) electrons. The molecule has 0 atom stereocenters. The van der Waals surface area contributed by atoms with E-state index >= 15 is 0 Å². The van der Waals surface area contributed by atoms with E-state index in [9.17, 15) is 9.18 Å².